The number of halogens is 1. The predicted octanol–water partition coefficient (Wildman–Crippen LogP) is 5.30. The zero-order valence-corrected chi connectivity index (χ0v) is 18.8. The van der Waals surface area contributed by atoms with Crippen molar-refractivity contribution in [3.63, 3.8) is 0 Å². The van der Waals surface area contributed by atoms with Gasteiger partial charge in [-0.05, 0) is 49.1 Å². The van der Waals surface area contributed by atoms with Crippen molar-refractivity contribution in [2.24, 2.45) is 5.92 Å². The van der Waals surface area contributed by atoms with E-state index in [2.05, 4.69) is 13.8 Å². The van der Waals surface area contributed by atoms with Crippen LogP contribution in [0.3, 0.4) is 0 Å². The van der Waals surface area contributed by atoms with Crippen LogP contribution in [0.2, 0.25) is 5.02 Å². The third kappa shape index (κ3) is 3.79. The van der Waals surface area contributed by atoms with Crippen molar-refractivity contribution in [1.29, 1.82) is 0 Å². The number of imide groups is 1. The molecule has 2 heterocycles. The van der Waals surface area contributed by atoms with Crippen LogP contribution in [0, 0.1) is 5.92 Å². The van der Waals surface area contributed by atoms with Crippen LogP contribution < -0.4 is 9.64 Å². The lowest BCUT2D eigenvalue weighted by atomic mass is 10.1. The highest BCUT2D eigenvalue weighted by Crippen LogP contribution is 2.42. The average molecular weight is 450 g/mol. The van der Waals surface area contributed by atoms with Gasteiger partial charge >= 0.3 is 0 Å². The molecule has 6 nitrogen and oxygen atoms in total. The second-order valence-electron chi connectivity index (χ2n) is 8.81. The quantitative estimate of drug-likeness (QED) is 0.459. The average Bonchev–Trinajstić information content (AvgIpc) is 3.48. The maximum atomic E-state index is 12.9. The van der Waals surface area contributed by atoms with E-state index in [-0.39, 0.29) is 11.8 Å². The van der Waals surface area contributed by atoms with Crippen molar-refractivity contribution < 1.29 is 14.3 Å². The third-order valence-corrected chi connectivity index (χ3v) is 5.97. The van der Waals surface area contributed by atoms with Crippen molar-refractivity contribution in [2.45, 2.75) is 39.2 Å². The van der Waals surface area contributed by atoms with E-state index >= 15 is 0 Å². The van der Waals surface area contributed by atoms with Crippen molar-refractivity contribution in [2.75, 3.05) is 11.5 Å². The van der Waals surface area contributed by atoms with Gasteiger partial charge in [0.25, 0.3) is 11.8 Å². The molecule has 164 valence electrons. The number of carbonyl (C=O) groups excluding carboxylic acids is 2. The molecule has 1 aromatic heterocycles. The zero-order valence-electron chi connectivity index (χ0n) is 18.0. The van der Waals surface area contributed by atoms with Crippen molar-refractivity contribution in [1.82, 2.24) is 9.78 Å². The standard InChI is InChI=1S/C25H24ClN3O3/c1-15(2)14-32-22-10-9-18(26)11-17(22)13-28-21(16-7-8-16)12-23(27-28)29-24(30)19-5-3-4-6-20(19)25(29)31/h3-6,9-12,15-16H,7-8,13-14H2,1-2H3. The fourth-order valence-electron chi connectivity index (χ4n) is 3.99. The minimum Gasteiger partial charge on any atom is -0.493 e. The molecule has 0 saturated heterocycles. The molecule has 0 unspecified atom stereocenters. The smallest absolute Gasteiger partial charge is 0.267 e. The normalized spacial score (nSPS) is 15.6. The Kier molecular flexibility index (Phi) is 5.25. The second kappa shape index (κ2) is 8.10. The Balaban J connectivity index is 1.49. The number of ether oxygens (including phenoxy) is 1. The maximum absolute atomic E-state index is 12.9. The van der Waals surface area contributed by atoms with Crippen molar-refractivity contribution in [3.8, 4) is 5.75 Å². The van der Waals surface area contributed by atoms with E-state index in [4.69, 9.17) is 21.4 Å². The van der Waals surface area contributed by atoms with Gasteiger partial charge in [-0.15, -0.1) is 0 Å². The topological polar surface area (TPSA) is 64.4 Å². The summed E-state index contributed by atoms with van der Waals surface area (Å²) in [4.78, 5) is 27.1. The first-order valence-electron chi connectivity index (χ1n) is 10.9. The molecule has 7 heteroatoms. The van der Waals surface area contributed by atoms with Gasteiger partial charge in [-0.3, -0.25) is 14.3 Å². The number of amides is 2. The molecule has 5 rings (SSSR count). The Morgan fingerprint density at radius 3 is 2.38 bits per heavy atom. The Bertz CT molecular complexity index is 1180. The molecule has 3 aromatic rings. The lowest BCUT2D eigenvalue weighted by molar-refractivity contribution is 0.0925. The van der Waals surface area contributed by atoms with E-state index in [1.54, 1.807) is 24.3 Å². The van der Waals surface area contributed by atoms with E-state index in [9.17, 15) is 9.59 Å². The van der Waals surface area contributed by atoms with Crippen LogP contribution in [-0.4, -0.2) is 28.2 Å². The molecule has 2 aromatic carbocycles. The summed E-state index contributed by atoms with van der Waals surface area (Å²) in [6.45, 7) is 5.25. The second-order valence-corrected chi connectivity index (χ2v) is 9.24. The highest BCUT2D eigenvalue weighted by molar-refractivity contribution is 6.34. The Hall–Kier alpha value is -3.12. The molecule has 0 bridgehead atoms. The molecular weight excluding hydrogens is 426 g/mol. The van der Waals surface area contributed by atoms with Gasteiger partial charge in [0.15, 0.2) is 5.82 Å². The monoisotopic (exact) mass is 449 g/mol. The first-order chi connectivity index (χ1) is 15.4. The third-order valence-electron chi connectivity index (χ3n) is 5.73. The van der Waals surface area contributed by atoms with E-state index in [0.29, 0.717) is 47.0 Å². The lowest BCUT2D eigenvalue weighted by Gasteiger charge is -2.15. The molecular formula is C25H24ClN3O3. The molecule has 1 saturated carbocycles. The van der Waals surface area contributed by atoms with Crippen LogP contribution in [0.25, 0.3) is 0 Å². The summed E-state index contributed by atoms with van der Waals surface area (Å²) in [6.07, 6.45) is 2.14. The van der Waals surface area contributed by atoms with Gasteiger partial charge in [-0.25, -0.2) is 4.90 Å². The fourth-order valence-corrected chi connectivity index (χ4v) is 4.18. The van der Waals surface area contributed by atoms with Crippen LogP contribution >= 0.6 is 11.6 Å². The summed E-state index contributed by atoms with van der Waals surface area (Å²) < 4.78 is 7.89. The molecule has 32 heavy (non-hydrogen) atoms. The van der Waals surface area contributed by atoms with Crippen LogP contribution in [-0.2, 0) is 6.54 Å². The SMILES string of the molecule is CC(C)COc1ccc(Cl)cc1Cn1nc(N2C(=O)c3ccccc3C2=O)cc1C1CC1. The van der Waals surface area contributed by atoms with E-state index in [1.807, 2.05) is 28.9 Å². The van der Waals surface area contributed by atoms with E-state index in [1.165, 1.54) is 4.90 Å². The minimum absolute atomic E-state index is 0.332. The molecule has 0 atom stereocenters. The summed E-state index contributed by atoms with van der Waals surface area (Å²) >= 11 is 6.28. The molecule has 2 amide bonds. The number of benzene rings is 2. The minimum atomic E-state index is -0.332. The number of aromatic nitrogens is 2. The van der Waals surface area contributed by atoms with Crippen LogP contribution in [0.4, 0.5) is 5.82 Å². The Morgan fingerprint density at radius 1 is 1.06 bits per heavy atom. The number of hydrogen-bond acceptors (Lipinski definition) is 4. The van der Waals surface area contributed by atoms with E-state index in [0.717, 1.165) is 29.8 Å². The summed E-state index contributed by atoms with van der Waals surface area (Å²) in [7, 11) is 0. The highest BCUT2D eigenvalue weighted by Gasteiger charge is 2.39. The largest absolute Gasteiger partial charge is 0.493 e. The van der Waals surface area contributed by atoms with Crippen molar-refractivity contribution >= 4 is 29.2 Å². The number of carbonyl (C=O) groups is 2. The first-order valence-corrected chi connectivity index (χ1v) is 11.3. The molecule has 0 radical (unpaired) electrons. The van der Waals surface area contributed by atoms with Crippen LogP contribution in [0.1, 0.15) is 64.6 Å². The maximum Gasteiger partial charge on any atom is 0.267 e. The number of rotatable bonds is 7. The Labute approximate surface area is 191 Å². The first kappa shape index (κ1) is 20.8. The molecule has 2 aliphatic rings. The van der Waals surface area contributed by atoms with Gasteiger partial charge in [-0.2, -0.15) is 5.10 Å². The van der Waals surface area contributed by atoms with Crippen molar-refractivity contribution in [3.05, 3.63) is 75.9 Å². The zero-order chi connectivity index (χ0) is 22.4. The van der Waals surface area contributed by atoms with Gasteiger partial charge in [0.2, 0.25) is 0 Å². The molecule has 1 fully saturated rings. The molecule has 0 spiro atoms. The summed E-state index contributed by atoms with van der Waals surface area (Å²) in [5.41, 5.74) is 2.77. The van der Waals surface area contributed by atoms with Gasteiger partial charge in [0.1, 0.15) is 5.75 Å². The van der Waals surface area contributed by atoms with Crippen LogP contribution in [0.5, 0.6) is 5.75 Å². The number of hydrogen-bond donors (Lipinski definition) is 0. The summed E-state index contributed by atoms with van der Waals surface area (Å²) in [6, 6.07) is 14.3. The van der Waals surface area contributed by atoms with Gasteiger partial charge in [0, 0.05) is 28.3 Å². The number of fused-ring (bicyclic) bond motifs is 1. The Morgan fingerprint density at radius 2 is 1.75 bits per heavy atom. The lowest BCUT2D eigenvalue weighted by Crippen LogP contribution is -2.29. The fraction of sp³-hybridized carbons (Fsp3) is 0.320. The molecule has 1 aliphatic carbocycles. The number of anilines is 1. The van der Waals surface area contributed by atoms with Crippen LogP contribution in [0.15, 0.2) is 48.5 Å². The van der Waals surface area contributed by atoms with Gasteiger partial charge in [0.05, 0.1) is 24.3 Å². The summed E-state index contributed by atoms with van der Waals surface area (Å²) in [5.74, 6) is 1.24. The van der Waals surface area contributed by atoms with Gasteiger partial charge in [-0.1, -0.05) is 37.6 Å². The summed E-state index contributed by atoms with van der Waals surface area (Å²) in [5, 5.41) is 5.32. The molecule has 0 N–H and O–H groups in total. The van der Waals surface area contributed by atoms with E-state index < -0.39 is 0 Å². The van der Waals surface area contributed by atoms with Gasteiger partial charge < -0.3 is 4.74 Å². The predicted molar refractivity (Wildman–Crippen MR) is 123 cm³/mol. The molecule has 1 aliphatic heterocycles. The highest BCUT2D eigenvalue weighted by atomic mass is 35.5. The number of nitrogens with zero attached hydrogens (tertiary/aromatic N) is 3.